The number of hydrogen-bond donors (Lipinski definition) is 1. The minimum atomic E-state index is -0.180. The lowest BCUT2D eigenvalue weighted by molar-refractivity contribution is -0.0128. The van der Waals surface area contributed by atoms with Crippen LogP contribution in [0.2, 0.25) is 0 Å². The van der Waals surface area contributed by atoms with Crippen LogP contribution in [0.4, 0.5) is 0 Å². The zero-order valence-corrected chi connectivity index (χ0v) is 8.57. The monoisotopic (exact) mass is 243 g/mol. The lowest BCUT2D eigenvalue weighted by Crippen LogP contribution is -2.37. The standard InChI is InChI=1S/C9H10BrNO2/c10-6-1-2-9(11-5-6)13-8-3-7(12)4-8/h1-2,5,7-8,12H,3-4H2. The number of nitrogens with zero attached hydrogens (tertiary/aromatic N) is 1. The van der Waals surface area contributed by atoms with Crippen LogP contribution in [0.1, 0.15) is 12.8 Å². The van der Waals surface area contributed by atoms with Gasteiger partial charge in [0.25, 0.3) is 0 Å². The highest BCUT2D eigenvalue weighted by Crippen LogP contribution is 2.24. The summed E-state index contributed by atoms with van der Waals surface area (Å²) in [6.07, 6.45) is 3.10. The van der Waals surface area contributed by atoms with Gasteiger partial charge < -0.3 is 9.84 Å². The van der Waals surface area contributed by atoms with Gasteiger partial charge in [-0.15, -0.1) is 0 Å². The molecule has 1 aromatic heterocycles. The van der Waals surface area contributed by atoms with Gasteiger partial charge in [0.2, 0.25) is 5.88 Å². The van der Waals surface area contributed by atoms with Gasteiger partial charge >= 0.3 is 0 Å². The van der Waals surface area contributed by atoms with Crippen LogP contribution in [0.5, 0.6) is 5.88 Å². The number of aliphatic hydroxyl groups is 1. The first-order valence-electron chi connectivity index (χ1n) is 4.20. The molecule has 0 saturated heterocycles. The van der Waals surface area contributed by atoms with Crippen LogP contribution >= 0.6 is 15.9 Å². The molecule has 1 aliphatic rings. The lowest BCUT2D eigenvalue weighted by atomic mass is 9.92. The molecule has 1 aromatic rings. The largest absolute Gasteiger partial charge is 0.474 e. The predicted octanol–water partition coefficient (Wildman–Crippen LogP) is 1.75. The van der Waals surface area contributed by atoms with Crippen molar-refractivity contribution in [2.75, 3.05) is 0 Å². The highest BCUT2D eigenvalue weighted by molar-refractivity contribution is 9.10. The summed E-state index contributed by atoms with van der Waals surface area (Å²) in [4.78, 5) is 4.07. The van der Waals surface area contributed by atoms with Crippen LogP contribution in [0.15, 0.2) is 22.8 Å². The van der Waals surface area contributed by atoms with Crippen molar-refractivity contribution in [2.24, 2.45) is 0 Å². The van der Waals surface area contributed by atoms with E-state index < -0.39 is 0 Å². The zero-order valence-electron chi connectivity index (χ0n) is 6.98. The van der Waals surface area contributed by atoms with Gasteiger partial charge in [-0.3, -0.25) is 0 Å². The molecule has 1 heterocycles. The molecule has 0 amide bonds. The Morgan fingerprint density at radius 1 is 1.46 bits per heavy atom. The maximum atomic E-state index is 9.03. The molecular formula is C9H10BrNO2. The highest BCUT2D eigenvalue weighted by Gasteiger charge is 2.29. The number of aromatic nitrogens is 1. The molecule has 13 heavy (non-hydrogen) atoms. The maximum Gasteiger partial charge on any atom is 0.213 e. The molecule has 70 valence electrons. The van der Waals surface area contributed by atoms with E-state index in [4.69, 9.17) is 9.84 Å². The Labute approximate surface area is 84.9 Å². The van der Waals surface area contributed by atoms with Crippen molar-refractivity contribution >= 4 is 15.9 Å². The Bertz CT molecular complexity index is 282. The molecule has 1 saturated carbocycles. The van der Waals surface area contributed by atoms with Crippen molar-refractivity contribution in [3.05, 3.63) is 22.8 Å². The second-order valence-corrected chi connectivity index (χ2v) is 4.10. The van der Waals surface area contributed by atoms with Gasteiger partial charge in [-0.1, -0.05) is 0 Å². The summed E-state index contributed by atoms with van der Waals surface area (Å²) in [6, 6.07) is 3.70. The third-order valence-corrected chi connectivity index (χ3v) is 2.53. The topological polar surface area (TPSA) is 42.4 Å². The SMILES string of the molecule is OC1CC(Oc2ccc(Br)cn2)C1. The molecule has 1 N–H and O–H groups in total. The molecule has 2 rings (SSSR count). The van der Waals surface area contributed by atoms with E-state index in [1.165, 1.54) is 0 Å². The van der Waals surface area contributed by atoms with Crippen LogP contribution in [-0.2, 0) is 0 Å². The van der Waals surface area contributed by atoms with E-state index in [0.29, 0.717) is 5.88 Å². The van der Waals surface area contributed by atoms with Gasteiger partial charge in [-0.2, -0.15) is 0 Å². The summed E-state index contributed by atoms with van der Waals surface area (Å²) in [5.74, 6) is 0.625. The fraction of sp³-hybridized carbons (Fsp3) is 0.444. The molecule has 0 radical (unpaired) electrons. The molecule has 0 atom stereocenters. The normalized spacial score (nSPS) is 26.6. The highest BCUT2D eigenvalue weighted by atomic mass is 79.9. The minimum absolute atomic E-state index is 0.142. The average molecular weight is 244 g/mol. The Kier molecular flexibility index (Phi) is 2.51. The van der Waals surface area contributed by atoms with Crippen molar-refractivity contribution < 1.29 is 9.84 Å². The minimum Gasteiger partial charge on any atom is -0.474 e. The van der Waals surface area contributed by atoms with Gasteiger partial charge in [0.1, 0.15) is 6.10 Å². The molecule has 0 spiro atoms. The predicted molar refractivity (Wildman–Crippen MR) is 51.6 cm³/mol. The molecule has 1 aliphatic carbocycles. The van der Waals surface area contributed by atoms with Crippen molar-refractivity contribution in [2.45, 2.75) is 25.0 Å². The fourth-order valence-corrected chi connectivity index (χ4v) is 1.47. The molecule has 0 unspecified atom stereocenters. The molecule has 3 nitrogen and oxygen atoms in total. The van der Waals surface area contributed by atoms with Gasteiger partial charge in [0.05, 0.1) is 6.10 Å². The summed E-state index contributed by atoms with van der Waals surface area (Å²) in [5.41, 5.74) is 0. The first-order chi connectivity index (χ1) is 6.24. The van der Waals surface area contributed by atoms with Gasteiger partial charge in [0.15, 0.2) is 0 Å². The van der Waals surface area contributed by atoms with Crippen molar-refractivity contribution in [3.8, 4) is 5.88 Å². The lowest BCUT2D eigenvalue weighted by Gasteiger charge is -2.30. The summed E-state index contributed by atoms with van der Waals surface area (Å²) < 4.78 is 6.42. The van der Waals surface area contributed by atoms with Gasteiger partial charge in [-0.05, 0) is 22.0 Å². The van der Waals surface area contributed by atoms with Crippen molar-refractivity contribution in [1.29, 1.82) is 0 Å². The van der Waals surface area contributed by atoms with Crippen LogP contribution in [0, 0.1) is 0 Å². The molecule has 4 heteroatoms. The summed E-state index contributed by atoms with van der Waals surface area (Å²) in [5, 5.41) is 9.03. The summed E-state index contributed by atoms with van der Waals surface area (Å²) >= 11 is 3.29. The zero-order chi connectivity index (χ0) is 9.26. The number of hydrogen-bond acceptors (Lipinski definition) is 3. The molecule has 1 fully saturated rings. The first-order valence-corrected chi connectivity index (χ1v) is 4.99. The maximum absolute atomic E-state index is 9.03. The smallest absolute Gasteiger partial charge is 0.213 e. The van der Waals surface area contributed by atoms with Crippen LogP contribution in [0.25, 0.3) is 0 Å². The van der Waals surface area contributed by atoms with E-state index in [1.54, 1.807) is 6.20 Å². The number of aliphatic hydroxyl groups excluding tert-OH is 1. The summed E-state index contributed by atoms with van der Waals surface area (Å²) in [6.45, 7) is 0. The Balaban J connectivity index is 1.91. The first kappa shape index (κ1) is 8.97. The third kappa shape index (κ3) is 2.19. The quantitative estimate of drug-likeness (QED) is 0.861. The number of halogens is 1. The Hall–Kier alpha value is -0.610. The van der Waals surface area contributed by atoms with Crippen molar-refractivity contribution in [3.63, 3.8) is 0 Å². The van der Waals surface area contributed by atoms with Crippen LogP contribution in [0.3, 0.4) is 0 Å². The Morgan fingerprint density at radius 2 is 2.23 bits per heavy atom. The van der Waals surface area contributed by atoms with E-state index in [-0.39, 0.29) is 12.2 Å². The molecular weight excluding hydrogens is 234 g/mol. The van der Waals surface area contributed by atoms with Crippen molar-refractivity contribution in [1.82, 2.24) is 4.98 Å². The van der Waals surface area contributed by atoms with E-state index in [1.807, 2.05) is 12.1 Å². The number of ether oxygens (including phenoxy) is 1. The van der Waals surface area contributed by atoms with E-state index in [2.05, 4.69) is 20.9 Å². The second-order valence-electron chi connectivity index (χ2n) is 3.18. The van der Waals surface area contributed by atoms with E-state index in [0.717, 1.165) is 17.3 Å². The van der Waals surface area contributed by atoms with Gasteiger partial charge in [0, 0.05) is 29.6 Å². The second kappa shape index (κ2) is 3.64. The molecule has 0 bridgehead atoms. The molecule has 0 aromatic carbocycles. The van der Waals surface area contributed by atoms with E-state index in [9.17, 15) is 0 Å². The average Bonchev–Trinajstić information content (AvgIpc) is 2.06. The van der Waals surface area contributed by atoms with Gasteiger partial charge in [-0.25, -0.2) is 4.98 Å². The number of pyridine rings is 1. The fourth-order valence-electron chi connectivity index (χ4n) is 1.24. The Morgan fingerprint density at radius 3 is 2.77 bits per heavy atom. The number of rotatable bonds is 2. The van der Waals surface area contributed by atoms with Crippen LogP contribution in [-0.4, -0.2) is 22.3 Å². The third-order valence-electron chi connectivity index (χ3n) is 2.06. The van der Waals surface area contributed by atoms with E-state index >= 15 is 0 Å². The summed E-state index contributed by atoms with van der Waals surface area (Å²) in [7, 11) is 0. The molecule has 0 aliphatic heterocycles. The van der Waals surface area contributed by atoms with Crippen LogP contribution < -0.4 is 4.74 Å².